The lowest BCUT2D eigenvalue weighted by atomic mass is 9.94. The standard InChI is InChI=1S/C22H23FN2O2S/c23-19-5-3-4-16(12-19)17-8-10-24-20(13-17)9-11-28(26,27)15-18-14-25-22-7-2-1-6-21(18)22/h1-8,12,14,20,24-25H,9-11,13,15H2. The van der Waals surface area contributed by atoms with Crippen molar-refractivity contribution < 1.29 is 12.8 Å². The zero-order chi connectivity index (χ0) is 19.6. The first-order valence-corrected chi connectivity index (χ1v) is 11.3. The summed E-state index contributed by atoms with van der Waals surface area (Å²) in [6.45, 7) is 0.666. The summed E-state index contributed by atoms with van der Waals surface area (Å²) in [6.07, 6.45) is 5.07. The van der Waals surface area contributed by atoms with E-state index in [1.807, 2.05) is 36.4 Å². The number of para-hydroxylation sites is 1. The van der Waals surface area contributed by atoms with E-state index in [2.05, 4.69) is 10.3 Å². The van der Waals surface area contributed by atoms with Crippen LogP contribution in [0.15, 0.2) is 60.8 Å². The van der Waals surface area contributed by atoms with Gasteiger partial charge in [-0.3, -0.25) is 0 Å². The van der Waals surface area contributed by atoms with Crippen molar-refractivity contribution in [1.82, 2.24) is 10.3 Å². The molecule has 0 amide bonds. The van der Waals surface area contributed by atoms with Crippen molar-refractivity contribution in [1.29, 1.82) is 0 Å². The normalized spacial score (nSPS) is 17.6. The molecule has 0 bridgehead atoms. The molecule has 1 atom stereocenters. The van der Waals surface area contributed by atoms with Gasteiger partial charge >= 0.3 is 0 Å². The highest BCUT2D eigenvalue weighted by Gasteiger charge is 2.21. The van der Waals surface area contributed by atoms with Gasteiger partial charge in [-0.25, -0.2) is 12.8 Å². The van der Waals surface area contributed by atoms with Crippen molar-refractivity contribution >= 4 is 26.3 Å². The number of nitrogens with one attached hydrogen (secondary N) is 2. The molecule has 28 heavy (non-hydrogen) atoms. The molecule has 2 heterocycles. The maximum absolute atomic E-state index is 13.5. The third-order valence-electron chi connectivity index (χ3n) is 5.24. The quantitative estimate of drug-likeness (QED) is 0.658. The van der Waals surface area contributed by atoms with E-state index in [0.717, 1.165) is 27.6 Å². The van der Waals surface area contributed by atoms with E-state index in [1.165, 1.54) is 12.1 Å². The Hall–Kier alpha value is -2.44. The summed E-state index contributed by atoms with van der Waals surface area (Å²) in [5.74, 6) is -0.0912. The average molecular weight is 399 g/mol. The van der Waals surface area contributed by atoms with Crippen LogP contribution < -0.4 is 5.32 Å². The van der Waals surface area contributed by atoms with Gasteiger partial charge < -0.3 is 10.3 Å². The van der Waals surface area contributed by atoms with Gasteiger partial charge in [0.2, 0.25) is 0 Å². The number of hydrogen-bond donors (Lipinski definition) is 2. The Bertz CT molecular complexity index is 1120. The lowest BCUT2D eigenvalue weighted by Crippen LogP contribution is -2.34. The third-order valence-corrected chi connectivity index (χ3v) is 6.85. The molecule has 1 aliphatic rings. The molecule has 0 radical (unpaired) electrons. The number of hydrogen-bond acceptors (Lipinski definition) is 3. The van der Waals surface area contributed by atoms with Gasteiger partial charge in [0.25, 0.3) is 0 Å². The second-order valence-corrected chi connectivity index (χ2v) is 9.47. The Morgan fingerprint density at radius 2 is 1.96 bits per heavy atom. The molecule has 3 aromatic rings. The van der Waals surface area contributed by atoms with E-state index in [-0.39, 0.29) is 23.4 Å². The van der Waals surface area contributed by atoms with Crippen LogP contribution in [0.2, 0.25) is 0 Å². The third kappa shape index (κ3) is 4.34. The van der Waals surface area contributed by atoms with E-state index in [9.17, 15) is 12.8 Å². The average Bonchev–Trinajstić information content (AvgIpc) is 3.09. The molecular weight excluding hydrogens is 375 g/mol. The topological polar surface area (TPSA) is 62.0 Å². The summed E-state index contributed by atoms with van der Waals surface area (Å²) >= 11 is 0. The van der Waals surface area contributed by atoms with E-state index < -0.39 is 9.84 Å². The van der Waals surface area contributed by atoms with Crippen molar-refractivity contribution in [3.63, 3.8) is 0 Å². The van der Waals surface area contributed by atoms with Crippen LogP contribution in [0.3, 0.4) is 0 Å². The smallest absolute Gasteiger partial charge is 0.154 e. The molecule has 2 N–H and O–H groups in total. The molecular formula is C22H23FN2O2S. The Morgan fingerprint density at radius 1 is 1.11 bits per heavy atom. The summed E-state index contributed by atoms with van der Waals surface area (Å²) in [5.41, 5.74) is 3.70. The van der Waals surface area contributed by atoms with Crippen LogP contribution >= 0.6 is 0 Å². The SMILES string of the molecule is O=S(=O)(CCC1CC(c2cccc(F)c2)=CCN1)Cc1c[nH]c2ccccc12. The van der Waals surface area contributed by atoms with Crippen LogP contribution in [0.5, 0.6) is 0 Å². The highest BCUT2D eigenvalue weighted by atomic mass is 32.2. The molecule has 1 aromatic heterocycles. The van der Waals surface area contributed by atoms with Crippen molar-refractivity contribution in [3.05, 3.63) is 77.7 Å². The molecule has 6 heteroatoms. The van der Waals surface area contributed by atoms with Crippen LogP contribution in [0.25, 0.3) is 16.5 Å². The highest BCUT2D eigenvalue weighted by Crippen LogP contribution is 2.25. The fraction of sp³-hybridized carbons (Fsp3) is 0.273. The summed E-state index contributed by atoms with van der Waals surface area (Å²) in [4.78, 5) is 3.13. The monoisotopic (exact) mass is 398 g/mol. The molecule has 4 nitrogen and oxygen atoms in total. The van der Waals surface area contributed by atoms with Crippen molar-refractivity contribution in [2.24, 2.45) is 0 Å². The van der Waals surface area contributed by atoms with Crippen molar-refractivity contribution in [2.75, 3.05) is 12.3 Å². The summed E-state index contributed by atoms with van der Waals surface area (Å²) in [7, 11) is -3.22. The van der Waals surface area contributed by atoms with Gasteiger partial charge in [-0.15, -0.1) is 0 Å². The number of H-pyrrole nitrogens is 1. The summed E-state index contributed by atoms with van der Waals surface area (Å²) < 4.78 is 38.8. The van der Waals surface area contributed by atoms with Gasteiger partial charge in [-0.1, -0.05) is 36.4 Å². The minimum atomic E-state index is -3.22. The second kappa shape index (κ2) is 7.89. The molecule has 1 aliphatic heterocycles. The van der Waals surface area contributed by atoms with Gasteiger partial charge in [0.05, 0.1) is 11.5 Å². The fourth-order valence-electron chi connectivity index (χ4n) is 3.78. The zero-order valence-electron chi connectivity index (χ0n) is 15.5. The van der Waals surface area contributed by atoms with Crippen LogP contribution in [-0.2, 0) is 15.6 Å². The zero-order valence-corrected chi connectivity index (χ0v) is 16.3. The minimum absolute atomic E-state index is 0.0380. The van der Waals surface area contributed by atoms with E-state index in [0.29, 0.717) is 19.4 Å². The van der Waals surface area contributed by atoms with Gasteiger partial charge in [0, 0.05) is 29.7 Å². The fourth-order valence-corrected chi connectivity index (χ4v) is 5.28. The van der Waals surface area contributed by atoms with E-state index in [4.69, 9.17) is 0 Å². The molecule has 1 unspecified atom stereocenters. The molecule has 0 fully saturated rings. The second-order valence-electron chi connectivity index (χ2n) is 7.29. The van der Waals surface area contributed by atoms with Gasteiger partial charge in [-0.2, -0.15) is 0 Å². The lowest BCUT2D eigenvalue weighted by Gasteiger charge is -2.24. The van der Waals surface area contributed by atoms with Crippen LogP contribution in [-0.4, -0.2) is 31.7 Å². The first kappa shape index (κ1) is 18.9. The van der Waals surface area contributed by atoms with Crippen LogP contribution in [0, 0.1) is 5.82 Å². The summed E-state index contributed by atoms with van der Waals surface area (Å²) in [5, 5.41) is 4.31. The Kier molecular flexibility index (Phi) is 5.33. The summed E-state index contributed by atoms with van der Waals surface area (Å²) in [6, 6.07) is 14.4. The number of sulfone groups is 1. The Labute approximate surface area is 164 Å². The van der Waals surface area contributed by atoms with Gasteiger partial charge in [0.1, 0.15) is 5.82 Å². The molecule has 0 saturated carbocycles. The number of aromatic nitrogens is 1. The molecule has 0 aliphatic carbocycles. The van der Waals surface area contributed by atoms with E-state index in [1.54, 1.807) is 12.3 Å². The molecule has 146 valence electrons. The van der Waals surface area contributed by atoms with Crippen LogP contribution in [0.1, 0.15) is 24.0 Å². The number of rotatable bonds is 6. The number of halogens is 1. The van der Waals surface area contributed by atoms with E-state index >= 15 is 0 Å². The predicted molar refractivity (Wildman–Crippen MR) is 111 cm³/mol. The predicted octanol–water partition coefficient (Wildman–Crippen LogP) is 4.06. The Morgan fingerprint density at radius 3 is 2.82 bits per heavy atom. The number of benzene rings is 2. The van der Waals surface area contributed by atoms with Gasteiger partial charge in [-0.05, 0) is 47.7 Å². The molecule has 4 rings (SSSR count). The van der Waals surface area contributed by atoms with Gasteiger partial charge in [0.15, 0.2) is 9.84 Å². The molecule has 2 aromatic carbocycles. The largest absolute Gasteiger partial charge is 0.361 e. The minimum Gasteiger partial charge on any atom is -0.361 e. The Balaban J connectivity index is 1.39. The first-order chi connectivity index (χ1) is 13.5. The maximum Gasteiger partial charge on any atom is 0.154 e. The highest BCUT2D eigenvalue weighted by molar-refractivity contribution is 7.90. The van der Waals surface area contributed by atoms with Crippen molar-refractivity contribution in [3.8, 4) is 0 Å². The first-order valence-electron chi connectivity index (χ1n) is 9.44. The van der Waals surface area contributed by atoms with Crippen molar-refractivity contribution in [2.45, 2.75) is 24.6 Å². The van der Waals surface area contributed by atoms with Crippen LogP contribution in [0.4, 0.5) is 4.39 Å². The number of aromatic amines is 1. The number of fused-ring (bicyclic) bond motifs is 1. The molecule has 0 spiro atoms. The maximum atomic E-state index is 13.5. The lowest BCUT2D eigenvalue weighted by molar-refractivity contribution is 0.514. The molecule has 0 saturated heterocycles.